The fraction of sp³-hybridized carbons (Fsp3) is 0.412. The Labute approximate surface area is 141 Å². The third kappa shape index (κ3) is 3.57. The van der Waals surface area contributed by atoms with Crippen LogP contribution in [0.3, 0.4) is 0 Å². The SMILES string of the molecule is Cc1cc(NC(=O)C2CCCN(S(C)(=O)=O)C2)c2ccccc2n1. The van der Waals surface area contributed by atoms with Gasteiger partial charge in [-0.3, -0.25) is 9.78 Å². The van der Waals surface area contributed by atoms with Crippen molar-refractivity contribution >= 4 is 32.5 Å². The summed E-state index contributed by atoms with van der Waals surface area (Å²) in [6.07, 6.45) is 2.58. The van der Waals surface area contributed by atoms with Crippen molar-refractivity contribution in [3.63, 3.8) is 0 Å². The third-order valence-electron chi connectivity index (χ3n) is 4.33. The molecule has 0 spiro atoms. The fourth-order valence-electron chi connectivity index (χ4n) is 3.10. The third-order valence-corrected chi connectivity index (χ3v) is 5.60. The average Bonchev–Trinajstić information content (AvgIpc) is 2.54. The van der Waals surface area contributed by atoms with Crippen LogP contribution >= 0.6 is 0 Å². The number of aromatic nitrogens is 1. The molecule has 2 aromatic rings. The van der Waals surface area contributed by atoms with Crippen LogP contribution in [0.25, 0.3) is 10.9 Å². The molecule has 1 saturated heterocycles. The molecule has 1 aromatic carbocycles. The number of fused-ring (bicyclic) bond motifs is 1. The average molecular weight is 347 g/mol. The lowest BCUT2D eigenvalue weighted by Gasteiger charge is -2.30. The van der Waals surface area contributed by atoms with Crippen molar-refractivity contribution in [2.75, 3.05) is 24.7 Å². The molecule has 7 heteroatoms. The van der Waals surface area contributed by atoms with E-state index in [0.29, 0.717) is 19.4 Å². The van der Waals surface area contributed by atoms with E-state index in [2.05, 4.69) is 10.3 Å². The number of aryl methyl sites for hydroxylation is 1. The Kier molecular flexibility index (Phi) is 4.56. The van der Waals surface area contributed by atoms with E-state index in [-0.39, 0.29) is 18.4 Å². The van der Waals surface area contributed by atoms with Gasteiger partial charge < -0.3 is 5.32 Å². The lowest BCUT2D eigenvalue weighted by molar-refractivity contribution is -0.120. The Morgan fingerprint density at radius 1 is 1.33 bits per heavy atom. The van der Waals surface area contributed by atoms with E-state index in [1.165, 1.54) is 10.6 Å². The van der Waals surface area contributed by atoms with Crippen molar-refractivity contribution in [2.24, 2.45) is 5.92 Å². The van der Waals surface area contributed by atoms with Crippen LogP contribution in [0.5, 0.6) is 0 Å². The van der Waals surface area contributed by atoms with Gasteiger partial charge in [0.05, 0.1) is 23.4 Å². The van der Waals surface area contributed by atoms with Crippen molar-refractivity contribution in [2.45, 2.75) is 19.8 Å². The second-order valence-corrected chi connectivity index (χ2v) is 8.26. The van der Waals surface area contributed by atoms with E-state index in [4.69, 9.17) is 0 Å². The highest BCUT2D eigenvalue weighted by molar-refractivity contribution is 7.88. The Morgan fingerprint density at radius 2 is 2.08 bits per heavy atom. The number of piperidine rings is 1. The quantitative estimate of drug-likeness (QED) is 0.923. The van der Waals surface area contributed by atoms with Crippen LogP contribution in [0.1, 0.15) is 18.5 Å². The number of para-hydroxylation sites is 1. The van der Waals surface area contributed by atoms with Crippen LogP contribution in [0.2, 0.25) is 0 Å². The molecule has 0 bridgehead atoms. The molecule has 6 nitrogen and oxygen atoms in total. The zero-order valence-corrected chi connectivity index (χ0v) is 14.6. The molecule has 1 fully saturated rings. The second-order valence-electron chi connectivity index (χ2n) is 6.28. The molecule has 1 unspecified atom stereocenters. The summed E-state index contributed by atoms with van der Waals surface area (Å²) >= 11 is 0. The Hall–Kier alpha value is -1.99. The minimum Gasteiger partial charge on any atom is -0.325 e. The molecular formula is C17H21N3O3S. The Morgan fingerprint density at radius 3 is 2.83 bits per heavy atom. The Bertz CT molecular complexity index is 880. The van der Waals surface area contributed by atoms with Gasteiger partial charge in [0, 0.05) is 24.2 Å². The molecule has 0 saturated carbocycles. The van der Waals surface area contributed by atoms with Crippen LogP contribution < -0.4 is 5.32 Å². The molecule has 1 amide bonds. The topological polar surface area (TPSA) is 79.4 Å². The summed E-state index contributed by atoms with van der Waals surface area (Å²) in [5, 5.41) is 3.85. The summed E-state index contributed by atoms with van der Waals surface area (Å²) in [5.41, 5.74) is 2.37. The van der Waals surface area contributed by atoms with Crippen molar-refractivity contribution < 1.29 is 13.2 Å². The summed E-state index contributed by atoms with van der Waals surface area (Å²) in [5.74, 6) is -0.472. The first-order valence-corrected chi connectivity index (χ1v) is 9.82. The highest BCUT2D eigenvalue weighted by atomic mass is 32.2. The van der Waals surface area contributed by atoms with E-state index in [0.717, 1.165) is 22.3 Å². The number of nitrogens with one attached hydrogen (secondary N) is 1. The number of anilines is 1. The minimum absolute atomic E-state index is 0.140. The summed E-state index contributed by atoms with van der Waals surface area (Å²) in [6.45, 7) is 2.61. The summed E-state index contributed by atoms with van der Waals surface area (Å²) < 4.78 is 24.8. The van der Waals surface area contributed by atoms with E-state index < -0.39 is 10.0 Å². The maximum absolute atomic E-state index is 12.6. The van der Waals surface area contributed by atoms with Crippen molar-refractivity contribution in [3.05, 3.63) is 36.0 Å². The maximum atomic E-state index is 12.6. The highest BCUT2D eigenvalue weighted by Gasteiger charge is 2.30. The summed E-state index contributed by atoms with van der Waals surface area (Å²) in [6, 6.07) is 9.48. The first-order valence-electron chi connectivity index (χ1n) is 7.97. The molecular weight excluding hydrogens is 326 g/mol. The number of hydrogen-bond acceptors (Lipinski definition) is 4. The Balaban J connectivity index is 1.82. The van der Waals surface area contributed by atoms with Crippen molar-refractivity contribution in [3.8, 4) is 0 Å². The molecule has 1 N–H and O–H groups in total. The number of carbonyl (C=O) groups is 1. The number of carbonyl (C=O) groups excluding carboxylic acids is 1. The molecule has 24 heavy (non-hydrogen) atoms. The normalized spacial score (nSPS) is 19.3. The first kappa shape index (κ1) is 16.9. The summed E-state index contributed by atoms with van der Waals surface area (Å²) in [7, 11) is -3.26. The van der Waals surface area contributed by atoms with Crippen molar-refractivity contribution in [1.29, 1.82) is 0 Å². The van der Waals surface area contributed by atoms with E-state index >= 15 is 0 Å². The lowest BCUT2D eigenvalue weighted by Crippen LogP contribution is -2.43. The largest absolute Gasteiger partial charge is 0.325 e. The minimum atomic E-state index is -3.26. The second kappa shape index (κ2) is 6.49. The van der Waals surface area contributed by atoms with Gasteiger partial charge >= 0.3 is 0 Å². The molecule has 128 valence electrons. The number of rotatable bonds is 3. The van der Waals surface area contributed by atoms with E-state index in [1.807, 2.05) is 37.3 Å². The predicted molar refractivity (Wildman–Crippen MR) is 94.3 cm³/mol. The van der Waals surface area contributed by atoms with Gasteiger partial charge in [0.2, 0.25) is 15.9 Å². The lowest BCUT2D eigenvalue weighted by atomic mass is 9.98. The fourth-order valence-corrected chi connectivity index (χ4v) is 4.02. The smallest absolute Gasteiger partial charge is 0.228 e. The highest BCUT2D eigenvalue weighted by Crippen LogP contribution is 2.25. The van der Waals surface area contributed by atoms with E-state index in [1.54, 1.807) is 0 Å². The van der Waals surface area contributed by atoms with E-state index in [9.17, 15) is 13.2 Å². The predicted octanol–water partition coefficient (Wildman–Crippen LogP) is 2.15. The number of amides is 1. The number of sulfonamides is 1. The monoisotopic (exact) mass is 347 g/mol. The number of nitrogens with zero attached hydrogens (tertiary/aromatic N) is 2. The van der Waals surface area contributed by atoms with Gasteiger partial charge in [0.1, 0.15) is 0 Å². The number of benzene rings is 1. The van der Waals surface area contributed by atoms with Crippen LogP contribution in [0.4, 0.5) is 5.69 Å². The van der Waals surface area contributed by atoms with Crippen LogP contribution in [-0.2, 0) is 14.8 Å². The zero-order valence-electron chi connectivity index (χ0n) is 13.8. The van der Waals surface area contributed by atoms with Crippen molar-refractivity contribution in [1.82, 2.24) is 9.29 Å². The van der Waals surface area contributed by atoms with Gasteiger partial charge in [0.25, 0.3) is 0 Å². The molecule has 0 aliphatic carbocycles. The van der Waals surface area contributed by atoms with Gasteiger partial charge in [-0.2, -0.15) is 0 Å². The van der Waals surface area contributed by atoms with Gasteiger partial charge in [-0.25, -0.2) is 12.7 Å². The molecule has 0 radical (unpaired) electrons. The molecule has 1 aliphatic rings. The van der Waals surface area contributed by atoms with Gasteiger partial charge in [-0.1, -0.05) is 18.2 Å². The molecule has 1 atom stereocenters. The molecule has 1 aliphatic heterocycles. The number of hydrogen-bond donors (Lipinski definition) is 1. The van der Waals surface area contributed by atoms with Crippen LogP contribution in [-0.4, -0.2) is 43.0 Å². The van der Waals surface area contributed by atoms with Gasteiger partial charge in [-0.05, 0) is 31.9 Å². The summed E-state index contributed by atoms with van der Waals surface area (Å²) in [4.78, 5) is 17.1. The zero-order chi connectivity index (χ0) is 17.3. The van der Waals surface area contributed by atoms with Crippen LogP contribution in [0.15, 0.2) is 30.3 Å². The number of pyridine rings is 1. The molecule has 1 aromatic heterocycles. The standard InChI is InChI=1S/C17H21N3O3S/c1-12-10-16(14-7-3-4-8-15(14)18-12)19-17(21)13-6-5-9-20(11-13)24(2,22)23/h3-4,7-8,10,13H,5-6,9,11H2,1-2H3,(H,18,19,21). The molecule has 3 rings (SSSR count). The van der Waals surface area contributed by atoms with Crippen LogP contribution in [0, 0.1) is 12.8 Å². The van der Waals surface area contributed by atoms with Gasteiger partial charge in [-0.15, -0.1) is 0 Å². The maximum Gasteiger partial charge on any atom is 0.228 e. The van der Waals surface area contributed by atoms with Gasteiger partial charge in [0.15, 0.2) is 0 Å². The molecule has 2 heterocycles. The first-order chi connectivity index (χ1) is 11.3.